The van der Waals surface area contributed by atoms with E-state index in [1.165, 1.54) is 189 Å². The Kier molecular flexibility index (Phi) is 18.5. The summed E-state index contributed by atoms with van der Waals surface area (Å²) in [6.07, 6.45) is 4.31. The van der Waals surface area contributed by atoms with Crippen molar-refractivity contribution in [3.05, 3.63) is 381 Å². The van der Waals surface area contributed by atoms with Crippen molar-refractivity contribution in [1.82, 2.24) is 0 Å². The SMILES string of the molecule is Cc1cc(C)c(-c2ccc3c(c2)C=CC2=Nc4ccc5cc(-c6c(C)cc(C)cc6C)ccc5[n+]4[B]N23)c(C)c1.Cc1cccc(N(c2ccccc2)c2ccc3c(c2)C(C)(C)c2cc(-c4ccc5c(c4)C(C)(C)c4cc(-c6ccc7c(c6)C(C)(C)c6cc(N(c8ccccc8)c8cccc(C)c8)ccc6-7)ccc4-5)ccc2-3)c1.F.F. The summed E-state index contributed by atoms with van der Waals surface area (Å²) in [5.74, 6) is 1.87. The largest absolute Gasteiger partial charge is 0.555 e. The fraction of sp³-hybridized carbons (Fsp3) is 0.159. The maximum absolute atomic E-state index is 5.04. The Morgan fingerprint density at radius 2 is 0.670 bits per heavy atom. The van der Waals surface area contributed by atoms with Crippen LogP contribution in [0.15, 0.2) is 302 Å². The van der Waals surface area contributed by atoms with Gasteiger partial charge in [-0.3, -0.25) is 13.9 Å². The monoisotopic (exact) mass is 1500 g/mol. The number of hydrogen-bond acceptors (Lipinski definition) is 4. The molecule has 0 N–H and O–H groups in total. The lowest BCUT2D eigenvalue weighted by Gasteiger charge is -2.28. The minimum atomic E-state index is -0.183. The third kappa shape index (κ3) is 12.6. The Hall–Kier alpha value is -12.8. The van der Waals surface area contributed by atoms with E-state index in [2.05, 4.69) is 427 Å². The number of para-hydroxylation sites is 2. The summed E-state index contributed by atoms with van der Waals surface area (Å²) in [6, 6.07) is 109. The molecular weight excluding hydrogens is 1400 g/mol. The molecule has 0 unspecified atom stereocenters. The number of fused-ring (bicyclic) bond motifs is 15. The molecule has 15 aromatic rings. The van der Waals surface area contributed by atoms with Crippen molar-refractivity contribution < 1.29 is 13.9 Å². The Morgan fingerprint density at radius 1 is 0.304 bits per heavy atom. The van der Waals surface area contributed by atoms with E-state index in [9.17, 15) is 0 Å². The average molecular weight is 1500 g/mol. The summed E-state index contributed by atoms with van der Waals surface area (Å²) in [5.41, 5.74) is 46.7. The number of nitrogens with zero attached hydrogens (tertiary/aromatic N) is 5. The van der Waals surface area contributed by atoms with Crippen LogP contribution in [0.3, 0.4) is 0 Å². The molecule has 115 heavy (non-hydrogen) atoms. The number of amidine groups is 1. The molecule has 0 atom stereocenters. The van der Waals surface area contributed by atoms with Gasteiger partial charge in [0.25, 0.3) is 0 Å². The van der Waals surface area contributed by atoms with Crippen molar-refractivity contribution in [1.29, 1.82) is 0 Å². The molecule has 0 amide bonds. The van der Waals surface area contributed by atoms with E-state index in [4.69, 9.17) is 4.99 Å². The van der Waals surface area contributed by atoms with Gasteiger partial charge in [-0.25, -0.2) is 0 Å². The van der Waals surface area contributed by atoms with Gasteiger partial charge in [0.05, 0.1) is 0 Å². The van der Waals surface area contributed by atoms with Crippen molar-refractivity contribution in [2.24, 2.45) is 4.99 Å². The molecule has 3 aliphatic carbocycles. The van der Waals surface area contributed by atoms with Crippen LogP contribution < -0.4 is 19.1 Å². The summed E-state index contributed by atoms with van der Waals surface area (Å²) < 4.78 is 2.21. The molecule has 0 saturated carbocycles. The van der Waals surface area contributed by atoms with Crippen LogP contribution in [0.5, 0.6) is 0 Å². The number of halogens is 2. The van der Waals surface area contributed by atoms with Crippen LogP contribution in [0.25, 0.3) is 94.9 Å². The molecule has 20 rings (SSSR count). The number of rotatable bonds is 10. The Bertz CT molecular complexity index is 6260. The van der Waals surface area contributed by atoms with Crippen molar-refractivity contribution >= 4 is 76.0 Å². The molecule has 1 aromatic heterocycles. The predicted octanol–water partition coefficient (Wildman–Crippen LogP) is 28.1. The van der Waals surface area contributed by atoms with E-state index in [-0.39, 0.29) is 25.7 Å². The Balaban J connectivity index is 0.000000192. The molecule has 5 nitrogen and oxygen atoms in total. The standard InChI is InChI=1S/C71H60N2.C36H32BN3.2FH/c1-45-17-15-23-53(37-45)72(51-19-11-9-12-20-51)55-29-35-61-59-33-27-49(41-65(59)70(5,6)67(61)43-55)47-25-31-57-58-32-26-48(40-64(58)69(3,4)63(57)39-47)50-28-34-60-62-36-30-56(44-68(62)71(7,8)66(60)42-50)73(52-21-13-10-14-22-52)54-24-16-18-46(2)38-54;1-21-15-23(3)35(24(4)16-21)29-7-11-31-27(19-29)9-13-33-38-34-14-10-28-20-30(8-12-32(28)40(34)37-39(31)33)36-25(5)17-22(2)18-26(36)6;;/h9-44H,1-8H3;7-20H,1-6H3;2*1H/q;+1;;. The summed E-state index contributed by atoms with van der Waals surface area (Å²) >= 11 is 0. The highest BCUT2D eigenvalue weighted by atomic mass is 19.0. The third-order valence-corrected chi connectivity index (χ3v) is 25.0. The van der Waals surface area contributed by atoms with Crippen molar-refractivity contribution in [2.45, 2.75) is 113 Å². The molecule has 0 saturated heterocycles. The first kappa shape index (κ1) is 74.9. The normalized spacial score (nSPS) is 14.0. The van der Waals surface area contributed by atoms with Gasteiger partial charge >= 0.3 is 13.4 Å². The van der Waals surface area contributed by atoms with Crippen LogP contribution in [0.1, 0.15) is 125 Å². The van der Waals surface area contributed by atoms with E-state index >= 15 is 0 Å². The maximum atomic E-state index is 5.04. The highest BCUT2D eigenvalue weighted by molar-refractivity contribution is 6.46. The topological polar surface area (TPSA) is 26.0 Å². The quantitative estimate of drug-likeness (QED) is 0.128. The summed E-state index contributed by atoms with van der Waals surface area (Å²) in [4.78, 5) is 12.0. The van der Waals surface area contributed by atoms with Gasteiger partial charge in [-0.1, -0.05) is 210 Å². The molecule has 0 bridgehead atoms. The van der Waals surface area contributed by atoms with Crippen LogP contribution in [-0.4, -0.2) is 13.4 Å². The molecule has 8 heteroatoms. The minimum absolute atomic E-state index is 0. The van der Waals surface area contributed by atoms with E-state index < -0.39 is 0 Å². The first-order valence-electron chi connectivity index (χ1n) is 39.9. The highest BCUT2D eigenvalue weighted by Gasteiger charge is 2.41. The summed E-state index contributed by atoms with van der Waals surface area (Å²) in [5, 5.41) is 1.20. The van der Waals surface area contributed by atoms with Gasteiger partial charge in [-0.15, -0.1) is 0 Å². The molecule has 14 aromatic carbocycles. The van der Waals surface area contributed by atoms with Crippen LogP contribution in [0.4, 0.5) is 55.0 Å². The molecule has 5 aliphatic rings. The van der Waals surface area contributed by atoms with Crippen molar-refractivity contribution in [3.63, 3.8) is 0 Å². The van der Waals surface area contributed by atoms with Gasteiger partial charge in [0.2, 0.25) is 5.84 Å². The molecular formula is C107H94BF2N5+. The van der Waals surface area contributed by atoms with Crippen LogP contribution >= 0.6 is 0 Å². The van der Waals surface area contributed by atoms with E-state index in [1.807, 2.05) is 0 Å². The van der Waals surface area contributed by atoms with Crippen molar-refractivity contribution in [3.8, 4) is 77.9 Å². The van der Waals surface area contributed by atoms with Crippen LogP contribution in [-0.2, 0) is 16.2 Å². The number of pyridine rings is 1. The number of aliphatic imine (C=N–C) groups is 1. The number of aromatic nitrogens is 1. The third-order valence-electron chi connectivity index (χ3n) is 25.0. The molecule has 0 fully saturated rings. The van der Waals surface area contributed by atoms with Gasteiger partial charge in [0.1, 0.15) is 5.52 Å². The lowest BCUT2D eigenvalue weighted by Crippen LogP contribution is -2.57. The van der Waals surface area contributed by atoms with E-state index in [0.29, 0.717) is 0 Å². The first-order chi connectivity index (χ1) is 54.5. The zero-order valence-corrected chi connectivity index (χ0v) is 68.0. The zero-order chi connectivity index (χ0) is 77.7. The molecule has 0 spiro atoms. The van der Waals surface area contributed by atoms with Gasteiger partial charge in [-0.2, -0.15) is 0 Å². The van der Waals surface area contributed by atoms with Gasteiger partial charge in [0, 0.05) is 73.6 Å². The predicted molar refractivity (Wildman–Crippen MR) is 483 cm³/mol. The van der Waals surface area contributed by atoms with Crippen molar-refractivity contribution in [2.75, 3.05) is 14.6 Å². The van der Waals surface area contributed by atoms with Crippen LogP contribution in [0.2, 0.25) is 0 Å². The smallest absolute Gasteiger partial charge is 0.310 e. The second-order valence-corrected chi connectivity index (χ2v) is 33.8. The second kappa shape index (κ2) is 28.4. The lowest BCUT2D eigenvalue weighted by molar-refractivity contribution is -0.485. The van der Waals surface area contributed by atoms with E-state index in [1.54, 1.807) is 0 Å². The van der Waals surface area contributed by atoms with Crippen LogP contribution in [0, 0.1) is 55.4 Å². The first-order valence-corrected chi connectivity index (χ1v) is 39.9. The number of hydrogen-bond donors (Lipinski definition) is 0. The minimum Gasteiger partial charge on any atom is -0.310 e. The number of aryl methyl sites for hydroxylation is 8. The molecule has 2 aliphatic heterocycles. The van der Waals surface area contributed by atoms with E-state index in [0.717, 1.165) is 34.2 Å². The summed E-state index contributed by atoms with van der Waals surface area (Å²) in [7, 11) is 2.19. The zero-order valence-electron chi connectivity index (χ0n) is 68.0. The molecule has 563 valence electrons. The van der Waals surface area contributed by atoms with Gasteiger partial charge in [0.15, 0.2) is 0 Å². The molecule has 3 heterocycles. The summed E-state index contributed by atoms with van der Waals surface area (Å²) in [6.45, 7) is 31.9. The maximum Gasteiger partial charge on any atom is 0.555 e. The molecule has 1 radical (unpaired) electrons. The number of anilines is 7. The number of benzene rings is 14. The fourth-order valence-electron chi connectivity index (χ4n) is 19.6. The van der Waals surface area contributed by atoms with Gasteiger partial charge in [-0.05, 0) is 344 Å². The lowest BCUT2D eigenvalue weighted by atomic mass is 9.79. The Morgan fingerprint density at radius 3 is 1.09 bits per heavy atom. The second-order valence-electron chi connectivity index (χ2n) is 33.8. The fourth-order valence-corrected chi connectivity index (χ4v) is 19.6. The van der Waals surface area contributed by atoms with Gasteiger partial charge < -0.3 is 14.6 Å². The Labute approximate surface area is 677 Å². The highest BCUT2D eigenvalue weighted by Crippen LogP contribution is 2.56. The average Bonchev–Trinajstić information content (AvgIpc) is 1.60.